The number of hydrogen-bond donors (Lipinski definition) is 1. The Kier molecular flexibility index (Phi) is 3.87. The fourth-order valence-corrected chi connectivity index (χ4v) is 3.03. The molecule has 0 amide bonds. The molecule has 1 saturated carbocycles. The molecule has 1 aliphatic rings. The monoisotopic (exact) mass is 218 g/mol. The molecule has 2 rings (SSSR count). The largest absolute Gasteiger partial charge is 0.508 e. The predicted octanol–water partition coefficient (Wildman–Crippen LogP) is 4.15. The third kappa shape index (κ3) is 2.78. The van der Waals surface area contributed by atoms with E-state index in [1.54, 1.807) is 6.07 Å². The van der Waals surface area contributed by atoms with E-state index in [9.17, 15) is 5.11 Å². The van der Waals surface area contributed by atoms with Gasteiger partial charge in [-0.25, -0.2) is 0 Å². The highest BCUT2D eigenvalue weighted by Gasteiger charge is 2.24. The zero-order chi connectivity index (χ0) is 11.4. The molecule has 16 heavy (non-hydrogen) atoms. The summed E-state index contributed by atoms with van der Waals surface area (Å²) >= 11 is 0. The van der Waals surface area contributed by atoms with Crippen LogP contribution in [0.5, 0.6) is 5.75 Å². The first kappa shape index (κ1) is 11.5. The van der Waals surface area contributed by atoms with Gasteiger partial charge >= 0.3 is 0 Å². The van der Waals surface area contributed by atoms with Gasteiger partial charge in [0, 0.05) is 0 Å². The van der Waals surface area contributed by atoms with Crippen LogP contribution in [-0.2, 0) is 6.42 Å². The number of aromatic hydroxyl groups is 1. The summed E-state index contributed by atoms with van der Waals surface area (Å²) in [6.45, 7) is 2.27. The molecule has 1 unspecified atom stereocenters. The van der Waals surface area contributed by atoms with Crippen LogP contribution in [0, 0.1) is 11.8 Å². The van der Waals surface area contributed by atoms with E-state index >= 15 is 0 Å². The van der Waals surface area contributed by atoms with Gasteiger partial charge in [0.25, 0.3) is 0 Å². The van der Waals surface area contributed by atoms with Gasteiger partial charge < -0.3 is 5.11 Å². The van der Waals surface area contributed by atoms with E-state index in [4.69, 9.17) is 0 Å². The first-order chi connectivity index (χ1) is 7.79. The van der Waals surface area contributed by atoms with E-state index in [0.29, 0.717) is 5.75 Å². The van der Waals surface area contributed by atoms with Crippen molar-refractivity contribution in [3.63, 3.8) is 0 Å². The third-order valence-electron chi connectivity index (χ3n) is 3.85. The van der Waals surface area contributed by atoms with Crippen LogP contribution in [0.4, 0.5) is 0 Å². The molecular weight excluding hydrogens is 196 g/mol. The number of para-hydroxylation sites is 1. The maximum atomic E-state index is 9.74. The molecule has 1 aromatic carbocycles. The Hall–Kier alpha value is -0.980. The van der Waals surface area contributed by atoms with Crippen LogP contribution in [0.15, 0.2) is 24.3 Å². The molecule has 1 heteroatoms. The lowest BCUT2D eigenvalue weighted by atomic mass is 9.95. The minimum Gasteiger partial charge on any atom is -0.508 e. The van der Waals surface area contributed by atoms with E-state index in [-0.39, 0.29) is 0 Å². The zero-order valence-corrected chi connectivity index (χ0v) is 10.2. The smallest absolute Gasteiger partial charge is 0.118 e. The van der Waals surface area contributed by atoms with E-state index in [1.807, 2.05) is 12.1 Å². The summed E-state index contributed by atoms with van der Waals surface area (Å²) in [5.41, 5.74) is 1.13. The third-order valence-corrected chi connectivity index (χ3v) is 3.85. The van der Waals surface area contributed by atoms with Crippen molar-refractivity contribution in [2.45, 2.75) is 45.4 Å². The lowest BCUT2D eigenvalue weighted by Gasteiger charge is -2.11. The molecule has 1 N–H and O–H groups in total. The van der Waals surface area contributed by atoms with Gasteiger partial charge in [0.1, 0.15) is 5.75 Å². The van der Waals surface area contributed by atoms with E-state index in [0.717, 1.165) is 23.8 Å². The summed E-state index contributed by atoms with van der Waals surface area (Å²) in [5, 5.41) is 9.74. The molecule has 0 aliphatic heterocycles. The topological polar surface area (TPSA) is 20.2 Å². The second-order valence-corrected chi connectivity index (χ2v) is 5.17. The van der Waals surface area contributed by atoms with Gasteiger partial charge in [-0.2, -0.15) is 0 Å². The van der Waals surface area contributed by atoms with Gasteiger partial charge in [-0.1, -0.05) is 44.4 Å². The van der Waals surface area contributed by atoms with Gasteiger partial charge in [-0.3, -0.25) is 0 Å². The normalized spacial score (nSPS) is 24.8. The van der Waals surface area contributed by atoms with E-state index in [1.165, 1.54) is 32.1 Å². The molecule has 1 aliphatic carbocycles. The van der Waals surface area contributed by atoms with E-state index in [2.05, 4.69) is 13.0 Å². The van der Waals surface area contributed by atoms with Crippen LogP contribution in [-0.4, -0.2) is 5.11 Å². The summed E-state index contributed by atoms with van der Waals surface area (Å²) in [6.07, 6.45) is 7.87. The van der Waals surface area contributed by atoms with Crippen molar-refractivity contribution in [3.8, 4) is 5.75 Å². The molecule has 2 atom stereocenters. The highest BCUT2D eigenvalue weighted by Crippen LogP contribution is 2.36. The summed E-state index contributed by atoms with van der Waals surface area (Å²) in [4.78, 5) is 0. The second kappa shape index (κ2) is 5.38. The Bertz CT molecular complexity index is 332. The van der Waals surface area contributed by atoms with Crippen molar-refractivity contribution >= 4 is 0 Å². The Morgan fingerprint density at radius 1 is 1.19 bits per heavy atom. The van der Waals surface area contributed by atoms with Crippen LogP contribution in [0.25, 0.3) is 0 Å². The predicted molar refractivity (Wildman–Crippen MR) is 67.5 cm³/mol. The molecule has 0 aromatic heterocycles. The lowest BCUT2D eigenvalue weighted by molar-refractivity contribution is 0.440. The molecule has 1 fully saturated rings. The van der Waals surface area contributed by atoms with Crippen LogP contribution in [0.2, 0.25) is 0 Å². The van der Waals surface area contributed by atoms with Crippen molar-refractivity contribution in [3.05, 3.63) is 29.8 Å². The average Bonchev–Trinajstić information content (AvgIpc) is 2.70. The summed E-state index contributed by atoms with van der Waals surface area (Å²) < 4.78 is 0. The fourth-order valence-electron chi connectivity index (χ4n) is 3.03. The highest BCUT2D eigenvalue weighted by molar-refractivity contribution is 5.32. The van der Waals surface area contributed by atoms with Crippen LogP contribution in [0.3, 0.4) is 0 Å². The first-order valence-electron chi connectivity index (χ1n) is 6.56. The summed E-state index contributed by atoms with van der Waals surface area (Å²) in [7, 11) is 0. The molecule has 1 aromatic rings. The highest BCUT2D eigenvalue weighted by atomic mass is 16.3. The van der Waals surface area contributed by atoms with Crippen molar-refractivity contribution in [2.24, 2.45) is 11.8 Å². The van der Waals surface area contributed by atoms with Crippen molar-refractivity contribution in [2.75, 3.05) is 0 Å². The molecule has 1 nitrogen and oxygen atoms in total. The molecule has 88 valence electrons. The van der Waals surface area contributed by atoms with Crippen LogP contribution >= 0.6 is 0 Å². The first-order valence-corrected chi connectivity index (χ1v) is 6.56. The molecular formula is C15H22O. The molecule has 0 spiro atoms. The quantitative estimate of drug-likeness (QED) is 0.805. The molecule has 0 saturated heterocycles. The van der Waals surface area contributed by atoms with Gasteiger partial charge in [0.15, 0.2) is 0 Å². The number of rotatable bonds is 4. The zero-order valence-electron chi connectivity index (χ0n) is 10.2. The van der Waals surface area contributed by atoms with Gasteiger partial charge in [-0.15, -0.1) is 0 Å². The minimum atomic E-state index is 0.474. The SMILES string of the molecule is CCC[C@H]1CCC(Cc2ccccc2O)C1. The maximum Gasteiger partial charge on any atom is 0.118 e. The standard InChI is InChI=1S/C15H22O/c1-2-5-12-8-9-13(10-12)11-14-6-3-4-7-15(14)16/h3-4,6-7,12-13,16H,2,5,8-11H2,1H3/t12-,13?/m0/s1. The van der Waals surface area contributed by atoms with Crippen LogP contribution in [0.1, 0.15) is 44.6 Å². The van der Waals surface area contributed by atoms with Crippen LogP contribution < -0.4 is 0 Å². The van der Waals surface area contributed by atoms with Gasteiger partial charge in [0.2, 0.25) is 0 Å². The fraction of sp³-hybridized carbons (Fsp3) is 0.600. The maximum absolute atomic E-state index is 9.74. The molecule has 0 radical (unpaired) electrons. The number of benzene rings is 1. The Morgan fingerprint density at radius 2 is 1.94 bits per heavy atom. The van der Waals surface area contributed by atoms with Crippen molar-refractivity contribution in [1.82, 2.24) is 0 Å². The van der Waals surface area contributed by atoms with Gasteiger partial charge in [-0.05, 0) is 42.7 Å². The second-order valence-electron chi connectivity index (χ2n) is 5.17. The molecule has 0 bridgehead atoms. The lowest BCUT2D eigenvalue weighted by Crippen LogP contribution is -2.01. The average molecular weight is 218 g/mol. The Labute approximate surface area is 98.5 Å². The molecule has 0 heterocycles. The minimum absolute atomic E-state index is 0.474. The number of phenolic OH excluding ortho intramolecular Hbond substituents is 1. The number of hydrogen-bond acceptors (Lipinski definition) is 1. The Balaban J connectivity index is 1.90. The van der Waals surface area contributed by atoms with Gasteiger partial charge in [0.05, 0.1) is 0 Å². The number of phenols is 1. The van der Waals surface area contributed by atoms with E-state index < -0.39 is 0 Å². The summed E-state index contributed by atoms with van der Waals surface area (Å²) in [5.74, 6) is 2.21. The summed E-state index contributed by atoms with van der Waals surface area (Å²) in [6, 6.07) is 7.77. The Morgan fingerprint density at radius 3 is 2.69 bits per heavy atom. The van der Waals surface area contributed by atoms with Crippen molar-refractivity contribution < 1.29 is 5.11 Å². The van der Waals surface area contributed by atoms with Crippen molar-refractivity contribution in [1.29, 1.82) is 0 Å².